The number of nitriles is 1. The highest BCUT2D eigenvalue weighted by Gasteiger charge is 2.04. The van der Waals surface area contributed by atoms with Gasteiger partial charge in [0.2, 0.25) is 0 Å². The average Bonchev–Trinajstić information content (AvgIpc) is 3.03. The van der Waals surface area contributed by atoms with Gasteiger partial charge in [-0.3, -0.25) is 4.99 Å². The van der Waals surface area contributed by atoms with Crippen molar-refractivity contribution in [3.8, 4) is 17.4 Å². The quantitative estimate of drug-likeness (QED) is 0.451. The van der Waals surface area contributed by atoms with Crippen molar-refractivity contribution in [3.63, 3.8) is 0 Å². The molecule has 3 aromatic rings. The lowest BCUT2D eigenvalue weighted by Crippen LogP contribution is -1.78. The van der Waals surface area contributed by atoms with Crippen LogP contribution in [-0.2, 0) is 0 Å². The highest BCUT2D eigenvalue weighted by Crippen LogP contribution is 2.23. The number of rotatable bonds is 3. The summed E-state index contributed by atoms with van der Waals surface area (Å²) in [5, 5.41) is 8.81. The second kappa shape index (κ2) is 6.58. The lowest BCUT2D eigenvalue weighted by atomic mass is 10.1. The monoisotopic (exact) mass is 398 g/mol. The fourth-order valence-corrected chi connectivity index (χ4v) is 2.50. The van der Waals surface area contributed by atoms with Gasteiger partial charge < -0.3 is 4.42 Å². The van der Waals surface area contributed by atoms with E-state index in [2.05, 4.69) is 33.7 Å². The summed E-state index contributed by atoms with van der Waals surface area (Å²) in [5.74, 6) is 1.45. The van der Waals surface area contributed by atoms with Gasteiger partial charge in [0.25, 0.3) is 0 Å². The van der Waals surface area contributed by atoms with Crippen molar-refractivity contribution in [2.45, 2.75) is 0 Å². The number of aliphatic imine (C=N–C) groups is 1. The van der Waals surface area contributed by atoms with Crippen LogP contribution in [0.2, 0.25) is 0 Å². The molecule has 0 aliphatic rings. The van der Waals surface area contributed by atoms with E-state index < -0.39 is 0 Å². The van der Waals surface area contributed by atoms with E-state index in [1.54, 1.807) is 18.3 Å². The van der Waals surface area contributed by atoms with Crippen LogP contribution in [0.15, 0.2) is 70.1 Å². The fraction of sp³-hybridized carbons (Fsp3) is 0. The molecule has 4 heteroatoms. The summed E-state index contributed by atoms with van der Waals surface area (Å²) in [7, 11) is 0. The van der Waals surface area contributed by atoms with Crippen LogP contribution in [0, 0.1) is 14.9 Å². The number of hydrogen-bond donors (Lipinski definition) is 0. The van der Waals surface area contributed by atoms with Crippen molar-refractivity contribution in [2.24, 2.45) is 4.99 Å². The van der Waals surface area contributed by atoms with Crippen molar-refractivity contribution >= 4 is 34.5 Å². The maximum Gasteiger partial charge on any atom is 0.145 e. The topological polar surface area (TPSA) is 49.3 Å². The lowest BCUT2D eigenvalue weighted by Gasteiger charge is -1.97. The van der Waals surface area contributed by atoms with Crippen LogP contribution in [0.3, 0.4) is 0 Å². The molecule has 0 spiro atoms. The van der Waals surface area contributed by atoms with Crippen molar-refractivity contribution in [3.05, 3.63) is 75.6 Å². The van der Waals surface area contributed by atoms with Gasteiger partial charge in [0, 0.05) is 9.13 Å². The van der Waals surface area contributed by atoms with E-state index in [0.717, 1.165) is 20.6 Å². The molecule has 0 saturated heterocycles. The first-order valence-electron chi connectivity index (χ1n) is 6.65. The molecule has 2 aromatic carbocycles. The van der Waals surface area contributed by atoms with E-state index in [0.29, 0.717) is 11.3 Å². The Bertz CT molecular complexity index is 857. The van der Waals surface area contributed by atoms with Gasteiger partial charge in [-0.15, -0.1) is 0 Å². The van der Waals surface area contributed by atoms with Crippen LogP contribution in [0.25, 0.3) is 11.3 Å². The molecule has 0 aliphatic carbocycles. The van der Waals surface area contributed by atoms with Gasteiger partial charge in [0.05, 0.1) is 23.5 Å². The molecule has 3 rings (SSSR count). The van der Waals surface area contributed by atoms with E-state index in [4.69, 9.17) is 9.68 Å². The normalized spacial score (nSPS) is 10.7. The van der Waals surface area contributed by atoms with Crippen LogP contribution in [0.1, 0.15) is 11.3 Å². The van der Waals surface area contributed by atoms with E-state index in [1.807, 2.05) is 48.5 Å². The molecule has 1 heterocycles. The zero-order valence-corrected chi connectivity index (χ0v) is 13.7. The Hall–Kier alpha value is -2.39. The number of nitrogens with zero attached hydrogens (tertiary/aromatic N) is 2. The largest absolute Gasteiger partial charge is 0.455 e. The molecular weight excluding hydrogens is 387 g/mol. The first-order valence-corrected chi connectivity index (χ1v) is 7.73. The van der Waals surface area contributed by atoms with Crippen LogP contribution in [0.5, 0.6) is 0 Å². The van der Waals surface area contributed by atoms with Gasteiger partial charge in [-0.25, -0.2) is 0 Å². The van der Waals surface area contributed by atoms with E-state index in [9.17, 15) is 0 Å². The molecule has 22 heavy (non-hydrogen) atoms. The molecule has 0 fully saturated rings. The molecular formula is C18H11IN2O. The minimum absolute atomic E-state index is 0.635. The third-order valence-electron chi connectivity index (χ3n) is 3.11. The summed E-state index contributed by atoms with van der Waals surface area (Å²) < 4.78 is 6.86. The van der Waals surface area contributed by atoms with Gasteiger partial charge >= 0.3 is 0 Å². The Morgan fingerprint density at radius 3 is 2.50 bits per heavy atom. The van der Waals surface area contributed by atoms with Crippen molar-refractivity contribution in [1.82, 2.24) is 0 Å². The van der Waals surface area contributed by atoms with E-state index >= 15 is 0 Å². The fourth-order valence-electron chi connectivity index (χ4n) is 1.98. The number of benzene rings is 2. The predicted octanol–water partition coefficient (Wildman–Crippen LogP) is 5.17. The zero-order valence-electron chi connectivity index (χ0n) is 11.5. The molecule has 1 aromatic heterocycles. The highest BCUT2D eigenvalue weighted by molar-refractivity contribution is 14.1. The third-order valence-corrected chi connectivity index (χ3v) is 4.02. The van der Waals surface area contributed by atoms with E-state index in [-0.39, 0.29) is 0 Å². The first kappa shape index (κ1) is 14.5. The Morgan fingerprint density at radius 1 is 1.00 bits per heavy atom. The van der Waals surface area contributed by atoms with Crippen LogP contribution >= 0.6 is 22.6 Å². The second-order valence-corrected chi connectivity index (χ2v) is 5.76. The Morgan fingerprint density at radius 2 is 1.77 bits per heavy atom. The lowest BCUT2D eigenvalue weighted by molar-refractivity contribution is 0.575. The van der Waals surface area contributed by atoms with Crippen molar-refractivity contribution in [2.75, 3.05) is 0 Å². The molecule has 0 saturated carbocycles. The summed E-state index contributed by atoms with van der Waals surface area (Å²) in [6.45, 7) is 0. The minimum Gasteiger partial charge on any atom is -0.455 e. The third kappa shape index (κ3) is 3.26. The summed E-state index contributed by atoms with van der Waals surface area (Å²) in [4.78, 5) is 4.44. The smallest absolute Gasteiger partial charge is 0.145 e. The Balaban J connectivity index is 1.82. The van der Waals surface area contributed by atoms with Crippen molar-refractivity contribution in [1.29, 1.82) is 5.26 Å². The highest BCUT2D eigenvalue weighted by atomic mass is 127. The summed E-state index contributed by atoms with van der Waals surface area (Å²) in [6.07, 6.45) is 1.71. The van der Waals surface area contributed by atoms with Gasteiger partial charge in [0.15, 0.2) is 0 Å². The molecule has 0 bridgehead atoms. The molecule has 3 nitrogen and oxygen atoms in total. The second-order valence-electron chi connectivity index (χ2n) is 4.60. The number of furan rings is 1. The number of halogens is 1. The zero-order chi connectivity index (χ0) is 15.4. The van der Waals surface area contributed by atoms with Gasteiger partial charge in [-0.2, -0.15) is 5.26 Å². The van der Waals surface area contributed by atoms with Crippen LogP contribution in [0.4, 0.5) is 5.69 Å². The standard InChI is InChI=1S/C18H11IN2O/c19-16-3-1-2-4-17(16)21-12-15-9-10-18(22-15)14-7-5-13(11-20)6-8-14/h1-10,12H. The molecule has 0 aliphatic heterocycles. The molecule has 0 atom stereocenters. The molecule has 0 amide bonds. The van der Waals surface area contributed by atoms with Gasteiger partial charge in [-0.1, -0.05) is 12.1 Å². The van der Waals surface area contributed by atoms with Gasteiger partial charge in [0.1, 0.15) is 11.5 Å². The number of para-hydroxylation sites is 1. The molecule has 0 radical (unpaired) electrons. The maximum absolute atomic E-state index is 8.81. The number of hydrogen-bond acceptors (Lipinski definition) is 3. The Labute approximate surface area is 142 Å². The maximum atomic E-state index is 8.81. The average molecular weight is 398 g/mol. The summed E-state index contributed by atoms with van der Waals surface area (Å²) in [5.41, 5.74) is 2.49. The first-order chi connectivity index (χ1) is 10.8. The Kier molecular flexibility index (Phi) is 4.35. The molecule has 0 N–H and O–H groups in total. The predicted molar refractivity (Wildman–Crippen MR) is 95.3 cm³/mol. The van der Waals surface area contributed by atoms with Crippen LogP contribution in [-0.4, -0.2) is 6.21 Å². The minimum atomic E-state index is 0.635. The molecule has 0 unspecified atom stereocenters. The van der Waals surface area contributed by atoms with Crippen molar-refractivity contribution < 1.29 is 4.42 Å². The van der Waals surface area contributed by atoms with Gasteiger partial charge in [-0.05, 0) is 71.1 Å². The van der Waals surface area contributed by atoms with E-state index in [1.165, 1.54) is 0 Å². The summed E-state index contributed by atoms with van der Waals surface area (Å²) >= 11 is 2.25. The van der Waals surface area contributed by atoms with Crippen LogP contribution < -0.4 is 0 Å². The molecule has 106 valence electrons. The SMILES string of the molecule is N#Cc1ccc(-c2ccc(C=Nc3ccccc3I)o2)cc1. The summed E-state index contributed by atoms with van der Waals surface area (Å²) in [6, 6.07) is 21.1.